The fourth-order valence-electron chi connectivity index (χ4n) is 6.52. The van der Waals surface area contributed by atoms with Gasteiger partial charge in [-0.3, -0.25) is 9.35 Å². The number of carbonyl (C=O) groups excluding carboxylic acids is 1. The van der Waals surface area contributed by atoms with Crippen molar-refractivity contribution in [2.45, 2.75) is 217 Å². The van der Waals surface area contributed by atoms with Gasteiger partial charge in [-0.1, -0.05) is 155 Å². The quantitative estimate of drug-likeness (QED) is 0.0329. The highest BCUT2D eigenvalue weighted by molar-refractivity contribution is 7.80. The lowest BCUT2D eigenvalue weighted by molar-refractivity contribution is -0.298. The van der Waals surface area contributed by atoms with Gasteiger partial charge in [-0.15, -0.1) is 0 Å². The van der Waals surface area contributed by atoms with Gasteiger partial charge in [0.1, 0.15) is 24.4 Å². The summed E-state index contributed by atoms with van der Waals surface area (Å²) in [4.78, 5) is 12.9. The zero-order valence-corrected chi connectivity index (χ0v) is 32.0. The topological polar surface area (TPSA) is 192 Å². The van der Waals surface area contributed by atoms with Gasteiger partial charge < -0.3 is 35.2 Å². The van der Waals surface area contributed by atoms with E-state index in [0.29, 0.717) is 12.8 Å². The molecule has 0 saturated carbocycles. The van der Waals surface area contributed by atoms with Crippen molar-refractivity contribution in [3.63, 3.8) is 0 Å². The second-order valence-corrected chi connectivity index (χ2v) is 15.3. The standard InChI is InChI=1S/C37H73NO11S/c1-3-5-7-9-11-13-15-16-17-19-21-23-25-27-33(41)38-30(31(40)26-24-22-20-18-14-12-10-8-6-4-2)29-47-37-35(43)36(49-50(44,45)46)34(42)32(28-39)48-37/h30-32,34-37,39-40,42-43H,3-29H2,1-2H3,(H,38,41)(H,44,45,46). The summed E-state index contributed by atoms with van der Waals surface area (Å²) in [6.45, 7) is 3.40. The third-order valence-electron chi connectivity index (χ3n) is 9.67. The zero-order valence-electron chi connectivity index (χ0n) is 31.2. The van der Waals surface area contributed by atoms with E-state index in [0.717, 1.165) is 51.4 Å². The Morgan fingerprint density at radius 3 is 1.60 bits per heavy atom. The first-order valence-electron chi connectivity index (χ1n) is 19.9. The maximum absolute atomic E-state index is 12.9. The number of aliphatic hydroxyl groups is 4. The van der Waals surface area contributed by atoms with Crippen LogP contribution in [-0.4, -0.2) is 95.4 Å². The van der Waals surface area contributed by atoms with Crippen LogP contribution in [0.15, 0.2) is 0 Å². The molecule has 1 saturated heterocycles. The predicted octanol–water partition coefficient (Wildman–Crippen LogP) is 6.27. The molecular formula is C37H73NO11S. The highest BCUT2D eigenvalue weighted by Crippen LogP contribution is 2.26. The minimum atomic E-state index is -5.06. The predicted molar refractivity (Wildman–Crippen MR) is 195 cm³/mol. The number of ether oxygens (including phenoxy) is 2. The summed E-state index contributed by atoms with van der Waals surface area (Å²) in [5.74, 6) is -0.231. The maximum Gasteiger partial charge on any atom is 0.397 e. The number of aliphatic hydroxyl groups excluding tert-OH is 4. The molecule has 7 atom stereocenters. The fourth-order valence-corrected chi connectivity index (χ4v) is 7.03. The van der Waals surface area contributed by atoms with Crippen molar-refractivity contribution in [1.29, 1.82) is 0 Å². The van der Waals surface area contributed by atoms with E-state index >= 15 is 0 Å². The Kier molecular flexibility index (Phi) is 27.8. The monoisotopic (exact) mass is 739 g/mol. The number of nitrogens with one attached hydrogen (secondary N) is 1. The first-order valence-corrected chi connectivity index (χ1v) is 21.3. The van der Waals surface area contributed by atoms with E-state index in [4.69, 9.17) is 14.0 Å². The Hall–Kier alpha value is -0.900. The van der Waals surface area contributed by atoms with Crippen molar-refractivity contribution in [3.05, 3.63) is 0 Å². The lowest BCUT2D eigenvalue weighted by Gasteiger charge is -2.41. The summed E-state index contributed by atoms with van der Waals surface area (Å²) < 4.78 is 47.4. The number of hydrogen-bond acceptors (Lipinski definition) is 10. The van der Waals surface area contributed by atoms with E-state index in [1.165, 1.54) is 96.3 Å². The zero-order chi connectivity index (χ0) is 37.0. The number of hydrogen-bond donors (Lipinski definition) is 6. The number of unbranched alkanes of at least 4 members (excludes halogenated alkanes) is 21. The van der Waals surface area contributed by atoms with E-state index < -0.39 is 59.9 Å². The minimum absolute atomic E-state index is 0.231. The Labute approximate surface area is 303 Å². The molecule has 0 bridgehead atoms. The summed E-state index contributed by atoms with van der Waals surface area (Å²) in [5.41, 5.74) is 0. The van der Waals surface area contributed by atoms with Gasteiger partial charge in [-0.05, 0) is 12.8 Å². The fraction of sp³-hybridized carbons (Fsp3) is 0.973. The normalized spacial score (nSPS) is 22.4. The number of amides is 1. The van der Waals surface area contributed by atoms with Crippen molar-refractivity contribution < 1.29 is 51.8 Å². The van der Waals surface area contributed by atoms with Gasteiger partial charge in [-0.2, -0.15) is 8.42 Å². The highest BCUT2D eigenvalue weighted by Gasteiger charge is 2.48. The summed E-state index contributed by atoms with van der Waals surface area (Å²) in [7, 11) is -5.06. The molecule has 50 heavy (non-hydrogen) atoms. The summed E-state index contributed by atoms with van der Waals surface area (Å²) >= 11 is 0. The maximum atomic E-state index is 12.9. The second kappa shape index (κ2) is 29.5. The van der Waals surface area contributed by atoms with Crippen LogP contribution in [0.2, 0.25) is 0 Å². The molecule has 1 aliphatic rings. The molecule has 0 spiro atoms. The molecule has 12 nitrogen and oxygen atoms in total. The summed E-state index contributed by atoms with van der Waals surface area (Å²) in [6.07, 6.45) is 18.3. The van der Waals surface area contributed by atoms with Crippen LogP contribution in [0.1, 0.15) is 174 Å². The van der Waals surface area contributed by atoms with E-state index in [1.807, 2.05) is 0 Å². The number of rotatable bonds is 33. The Morgan fingerprint density at radius 2 is 1.16 bits per heavy atom. The van der Waals surface area contributed by atoms with Crippen molar-refractivity contribution in [2.24, 2.45) is 0 Å². The average molecular weight is 740 g/mol. The average Bonchev–Trinajstić information content (AvgIpc) is 3.08. The van der Waals surface area contributed by atoms with Gasteiger partial charge in [0.05, 0.1) is 25.4 Å². The third kappa shape index (κ3) is 22.9. The van der Waals surface area contributed by atoms with Crippen LogP contribution < -0.4 is 5.32 Å². The second-order valence-electron chi connectivity index (χ2n) is 14.2. The van der Waals surface area contributed by atoms with Crippen LogP contribution in [-0.2, 0) is 28.9 Å². The molecule has 0 aromatic heterocycles. The van der Waals surface area contributed by atoms with Crippen LogP contribution in [0.3, 0.4) is 0 Å². The van der Waals surface area contributed by atoms with Crippen molar-refractivity contribution in [2.75, 3.05) is 13.2 Å². The lowest BCUT2D eigenvalue weighted by Crippen LogP contribution is -2.61. The Balaban J connectivity index is 2.58. The molecule has 1 rings (SSSR count). The van der Waals surface area contributed by atoms with E-state index in [2.05, 4.69) is 23.3 Å². The molecule has 1 aliphatic heterocycles. The van der Waals surface area contributed by atoms with Crippen molar-refractivity contribution in [1.82, 2.24) is 5.32 Å². The molecule has 298 valence electrons. The van der Waals surface area contributed by atoms with E-state index in [1.54, 1.807) is 0 Å². The van der Waals surface area contributed by atoms with Crippen LogP contribution in [0.4, 0.5) is 0 Å². The molecule has 0 aromatic rings. The molecular weight excluding hydrogens is 666 g/mol. The minimum Gasteiger partial charge on any atom is -0.394 e. The molecule has 13 heteroatoms. The van der Waals surface area contributed by atoms with Crippen LogP contribution in [0.5, 0.6) is 0 Å². The molecule has 1 heterocycles. The first kappa shape index (κ1) is 47.1. The van der Waals surface area contributed by atoms with E-state index in [9.17, 15) is 33.6 Å². The van der Waals surface area contributed by atoms with Gasteiger partial charge >= 0.3 is 10.4 Å². The molecule has 1 fully saturated rings. The van der Waals surface area contributed by atoms with Crippen LogP contribution in [0, 0.1) is 0 Å². The molecule has 7 unspecified atom stereocenters. The van der Waals surface area contributed by atoms with Crippen molar-refractivity contribution in [3.8, 4) is 0 Å². The molecule has 0 aliphatic carbocycles. The number of carbonyl (C=O) groups is 1. The Morgan fingerprint density at radius 1 is 0.720 bits per heavy atom. The van der Waals surface area contributed by atoms with Gasteiger partial charge in [0.25, 0.3) is 0 Å². The molecule has 1 amide bonds. The van der Waals surface area contributed by atoms with Gasteiger partial charge in [0.15, 0.2) is 6.29 Å². The SMILES string of the molecule is CCCCCCCCCCCCCCCC(=O)NC(COC1OC(CO)C(O)C(OS(=O)(=O)O)C1O)C(O)CCCCCCCCCCCC. The largest absolute Gasteiger partial charge is 0.397 e. The van der Waals surface area contributed by atoms with Gasteiger partial charge in [0, 0.05) is 6.42 Å². The third-order valence-corrected chi connectivity index (χ3v) is 10.1. The van der Waals surface area contributed by atoms with Crippen molar-refractivity contribution >= 4 is 16.3 Å². The molecule has 6 N–H and O–H groups in total. The first-order chi connectivity index (χ1) is 24.0. The van der Waals surface area contributed by atoms with Gasteiger partial charge in [-0.25, -0.2) is 4.18 Å². The van der Waals surface area contributed by atoms with Crippen LogP contribution >= 0.6 is 0 Å². The smallest absolute Gasteiger partial charge is 0.394 e. The lowest BCUT2D eigenvalue weighted by atomic mass is 9.99. The van der Waals surface area contributed by atoms with E-state index in [-0.39, 0.29) is 12.5 Å². The summed E-state index contributed by atoms with van der Waals surface area (Å²) in [5, 5.41) is 44.5. The molecule has 0 aromatic carbocycles. The molecule has 0 radical (unpaired) electrons. The van der Waals surface area contributed by atoms with Gasteiger partial charge in [0.2, 0.25) is 5.91 Å². The summed E-state index contributed by atoms with van der Waals surface area (Å²) in [6, 6.07) is -0.848. The highest BCUT2D eigenvalue weighted by atomic mass is 32.3. The Bertz CT molecular complexity index is 925. The van der Waals surface area contributed by atoms with Crippen LogP contribution in [0.25, 0.3) is 0 Å².